The van der Waals surface area contributed by atoms with Crippen LogP contribution in [0, 0.1) is 5.92 Å². The Morgan fingerprint density at radius 1 is 1.56 bits per heavy atom. The lowest BCUT2D eigenvalue weighted by molar-refractivity contribution is 0.268. The van der Waals surface area contributed by atoms with Crippen LogP contribution in [0.15, 0.2) is 11.2 Å². The van der Waals surface area contributed by atoms with Crippen molar-refractivity contribution < 1.29 is 5.11 Å². The average molecular weight is 252 g/mol. The first kappa shape index (κ1) is 12.8. The quantitative estimate of drug-likeness (QED) is 0.743. The Labute approximate surface area is 106 Å². The van der Waals surface area contributed by atoms with Crippen LogP contribution >= 0.6 is 0 Å². The molecule has 0 aromatic carbocycles. The molecule has 0 fully saturated rings. The number of hydrogen-bond donors (Lipinski definition) is 2. The number of rotatable bonds is 5. The molecular formula is C11H20N6O. The van der Waals surface area contributed by atoms with Gasteiger partial charge in [-0.25, -0.2) is 4.68 Å². The lowest BCUT2D eigenvalue weighted by Crippen LogP contribution is -2.38. The van der Waals surface area contributed by atoms with Gasteiger partial charge in [0.25, 0.3) is 0 Å². The van der Waals surface area contributed by atoms with Crippen molar-refractivity contribution in [3.8, 4) is 0 Å². The van der Waals surface area contributed by atoms with Crippen LogP contribution < -0.4 is 5.73 Å². The fourth-order valence-electron chi connectivity index (χ4n) is 2.07. The van der Waals surface area contributed by atoms with Crippen molar-refractivity contribution in [2.24, 2.45) is 16.6 Å². The number of nitrogens with two attached hydrogens (primary N) is 1. The topological polar surface area (TPSA) is 92.6 Å². The highest BCUT2D eigenvalue weighted by Crippen LogP contribution is 2.24. The minimum absolute atomic E-state index is 0.0574. The van der Waals surface area contributed by atoms with E-state index in [1.807, 2.05) is 6.20 Å². The van der Waals surface area contributed by atoms with Crippen LogP contribution in [0.4, 0.5) is 0 Å². The molecule has 1 aromatic rings. The molecule has 100 valence electrons. The van der Waals surface area contributed by atoms with Gasteiger partial charge in [0.1, 0.15) is 5.69 Å². The zero-order chi connectivity index (χ0) is 13.1. The molecule has 7 nitrogen and oxygen atoms in total. The summed E-state index contributed by atoms with van der Waals surface area (Å²) in [5, 5.41) is 17.0. The molecule has 0 aliphatic carbocycles. The summed E-state index contributed by atoms with van der Waals surface area (Å²) in [6.07, 6.45) is 1.85. The molecule has 1 unspecified atom stereocenters. The molecule has 2 rings (SSSR count). The molecule has 1 aliphatic heterocycles. The van der Waals surface area contributed by atoms with Gasteiger partial charge in [-0.05, 0) is 5.92 Å². The van der Waals surface area contributed by atoms with Crippen LogP contribution in [-0.2, 0) is 6.54 Å². The van der Waals surface area contributed by atoms with Crippen LogP contribution in [0.3, 0.4) is 0 Å². The van der Waals surface area contributed by atoms with E-state index < -0.39 is 0 Å². The van der Waals surface area contributed by atoms with Gasteiger partial charge < -0.3 is 15.7 Å². The number of aliphatic hydroxyl groups is 1. The summed E-state index contributed by atoms with van der Waals surface area (Å²) in [6, 6.07) is 0.0693. The predicted octanol–water partition coefficient (Wildman–Crippen LogP) is -0.402. The van der Waals surface area contributed by atoms with Crippen molar-refractivity contribution in [1.82, 2.24) is 19.9 Å². The summed E-state index contributed by atoms with van der Waals surface area (Å²) in [4.78, 5) is 6.35. The Kier molecular flexibility index (Phi) is 3.81. The molecule has 0 saturated carbocycles. The monoisotopic (exact) mass is 252 g/mol. The lowest BCUT2D eigenvalue weighted by atomic mass is 10.1. The molecule has 0 spiro atoms. The van der Waals surface area contributed by atoms with E-state index in [1.165, 1.54) is 0 Å². The van der Waals surface area contributed by atoms with Crippen LogP contribution in [0.25, 0.3) is 0 Å². The molecule has 7 heteroatoms. The molecule has 0 amide bonds. The van der Waals surface area contributed by atoms with Gasteiger partial charge in [-0.2, -0.15) is 0 Å². The fraction of sp³-hybridized carbons (Fsp3) is 0.727. The van der Waals surface area contributed by atoms with E-state index in [2.05, 4.69) is 34.1 Å². The maximum atomic E-state index is 8.87. The third-order valence-electron chi connectivity index (χ3n) is 2.89. The molecule has 18 heavy (non-hydrogen) atoms. The van der Waals surface area contributed by atoms with E-state index >= 15 is 0 Å². The molecule has 0 saturated heterocycles. The Morgan fingerprint density at radius 3 is 3.00 bits per heavy atom. The summed E-state index contributed by atoms with van der Waals surface area (Å²) in [5.41, 5.74) is 6.76. The number of aromatic nitrogens is 3. The molecular weight excluding hydrogens is 232 g/mol. The Balaban J connectivity index is 2.11. The summed E-state index contributed by atoms with van der Waals surface area (Å²) in [6.45, 7) is 6.28. The van der Waals surface area contributed by atoms with E-state index in [0.29, 0.717) is 25.0 Å². The van der Waals surface area contributed by atoms with Crippen molar-refractivity contribution in [3.05, 3.63) is 11.9 Å². The average Bonchev–Trinajstić information content (AvgIpc) is 2.88. The van der Waals surface area contributed by atoms with Crippen LogP contribution in [0.2, 0.25) is 0 Å². The van der Waals surface area contributed by atoms with Crippen molar-refractivity contribution >= 4 is 5.96 Å². The second-order valence-corrected chi connectivity index (χ2v) is 4.89. The lowest BCUT2D eigenvalue weighted by Gasteiger charge is -2.26. The van der Waals surface area contributed by atoms with Gasteiger partial charge in [-0.1, -0.05) is 19.1 Å². The molecule has 1 aliphatic rings. The van der Waals surface area contributed by atoms with Gasteiger partial charge in [0, 0.05) is 6.54 Å². The Bertz CT molecular complexity index is 427. The standard InChI is InChI=1S/C11H20N6O/c1-8(2)6-17-10(5-13-11(17)12)9-7-16(3-4-18)15-14-9/h7-8,10,18H,3-6H2,1-2H3,(H2,12,13). The Morgan fingerprint density at radius 2 is 2.33 bits per heavy atom. The van der Waals surface area contributed by atoms with E-state index in [1.54, 1.807) is 4.68 Å². The van der Waals surface area contributed by atoms with Crippen molar-refractivity contribution in [2.75, 3.05) is 19.7 Å². The summed E-state index contributed by atoms with van der Waals surface area (Å²) in [5.74, 6) is 1.08. The van der Waals surface area contributed by atoms with Gasteiger partial charge in [0.15, 0.2) is 5.96 Å². The molecule has 2 heterocycles. The smallest absolute Gasteiger partial charge is 0.191 e. The summed E-state index contributed by atoms with van der Waals surface area (Å²) < 4.78 is 1.64. The van der Waals surface area contributed by atoms with Gasteiger partial charge in [0.05, 0.1) is 31.9 Å². The second kappa shape index (κ2) is 5.34. The number of aliphatic imine (C=N–C) groups is 1. The molecule has 1 aromatic heterocycles. The first-order chi connectivity index (χ1) is 8.61. The molecule has 0 bridgehead atoms. The van der Waals surface area contributed by atoms with E-state index in [4.69, 9.17) is 10.8 Å². The van der Waals surface area contributed by atoms with Gasteiger partial charge >= 0.3 is 0 Å². The zero-order valence-corrected chi connectivity index (χ0v) is 10.8. The first-order valence-corrected chi connectivity index (χ1v) is 6.19. The van der Waals surface area contributed by atoms with Crippen molar-refractivity contribution in [3.63, 3.8) is 0 Å². The summed E-state index contributed by atoms with van der Waals surface area (Å²) >= 11 is 0. The third-order valence-corrected chi connectivity index (χ3v) is 2.89. The first-order valence-electron chi connectivity index (χ1n) is 6.19. The van der Waals surface area contributed by atoms with Gasteiger partial charge in [-0.3, -0.25) is 4.99 Å². The highest BCUT2D eigenvalue weighted by Gasteiger charge is 2.29. The summed E-state index contributed by atoms with van der Waals surface area (Å²) in [7, 11) is 0. The van der Waals surface area contributed by atoms with E-state index in [9.17, 15) is 0 Å². The minimum atomic E-state index is 0.0574. The van der Waals surface area contributed by atoms with Gasteiger partial charge in [0.2, 0.25) is 0 Å². The number of guanidine groups is 1. The van der Waals surface area contributed by atoms with Crippen LogP contribution in [0.1, 0.15) is 25.6 Å². The number of hydrogen-bond acceptors (Lipinski definition) is 6. The van der Waals surface area contributed by atoms with Crippen molar-refractivity contribution in [1.29, 1.82) is 0 Å². The predicted molar refractivity (Wildman–Crippen MR) is 67.9 cm³/mol. The highest BCUT2D eigenvalue weighted by molar-refractivity contribution is 5.80. The molecule has 1 atom stereocenters. The van der Waals surface area contributed by atoms with Crippen molar-refractivity contribution in [2.45, 2.75) is 26.4 Å². The van der Waals surface area contributed by atoms with Gasteiger partial charge in [-0.15, -0.1) is 5.10 Å². The maximum absolute atomic E-state index is 8.87. The van der Waals surface area contributed by atoms with E-state index in [0.717, 1.165) is 12.2 Å². The van der Waals surface area contributed by atoms with Crippen LogP contribution in [0.5, 0.6) is 0 Å². The number of aliphatic hydroxyl groups excluding tert-OH is 1. The number of nitrogens with zero attached hydrogens (tertiary/aromatic N) is 5. The van der Waals surface area contributed by atoms with E-state index in [-0.39, 0.29) is 12.6 Å². The maximum Gasteiger partial charge on any atom is 0.191 e. The minimum Gasteiger partial charge on any atom is -0.394 e. The van der Waals surface area contributed by atoms with Crippen LogP contribution in [-0.4, -0.2) is 50.7 Å². The normalized spacial score (nSPS) is 19.7. The molecule has 0 radical (unpaired) electrons. The third kappa shape index (κ3) is 2.61. The largest absolute Gasteiger partial charge is 0.394 e. The SMILES string of the molecule is CC(C)CN1C(N)=NCC1c1cn(CCO)nn1. The Hall–Kier alpha value is -1.63. The zero-order valence-electron chi connectivity index (χ0n) is 10.8. The fourth-order valence-corrected chi connectivity index (χ4v) is 2.07. The molecule has 3 N–H and O–H groups in total. The second-order valence-electron chi connectivity index (χ2n) is 4.89. The highest BCUT2D eigenvalue weighted by atomic mass is 16.3.